The van der Waals surface area contributed by atoms with Crippen LogP contribution in [0.4, 0.5) is 0 Å². The van der Waals surface area contributed by atoms with Gasteiger partial charge in [0.15, 0.2) is 15.6 Å². The maximum Gasteiger partial charge on any atom is 0.227 e. The summed E-state index contributed by atoms with van der Waals surface area (Å²) in [4.78, 5) is 24.0. The first-order valence-electron chi connectivity index (χ1n) is 4.76. The standard InChI is InChI=1S/C9H13NO4S/c1-5(11)8-9(2,3)15(13,14)7-4-6(12)10(7)8/h7-8H,4H2,1-3H3/t7-,8?/m1/s1. The van der Waals surface area contributed by atoms with Gasteiger partial charge in [-0.15, -0.1) is 0 Å². The molecule has 0 spiro atoms. The van der Waals surface area contributed by atoms with Crippen LogP contribution in [0.3, 0.4) is 0 Å². The summed E-state index contributed by atoms with van der Waals surface area (Å²) < 4.78 is 22.8. The predicted molar refractivity (Wildman–Crippen MR) is 52.7 cm³/mol. The van der Waals surface area contributed by atoms with Gasteiger partial charge in [-0.05, 0) is 20.8 Å². The second-order valence-electron chi connectivity index (χ2n) is 4.62. The van der Waals surface area contributed by atoms with Crippen molar-refractivity contribution in [2.24, 2.45) is 0 Å². The first-order valence-corrected chi connectivity index (χ1v) is 6.31. The molecule has 0 N–H and O–H groups in total. The predicted octanol–water partition coefficient (Wildman–Crippen LogP) is -0.291. The molecule has 2 atom stereocenters. The van der Waals surface area contributed by atoms with E-state index in [2.05, 4.69) is 0 Å². The summed E-state index contributed by atoms with van der Waals surface area (Å²) in [6.07, 6.45) is 0.0234. The lowest BCUT2D eigenvalue weighted by Crippen LogP contribution is -2.56. The molecule has 0 aromatic rings. The highest BCUT2D eigenvalue weighted by atomic mass is 32.2. The minimum Gasteiger partial charge on any atom is -0.313 e. The molecule has 1 amide bonds. The Hall–Kier alpha value is -0.910. The molecule has 1 unspecified atom stereocenters. The molecule has 2 fully saturated rings. The van der Waals surface area contributed by atoms with Gasteiger partial charge >= 0.3 is 0 Å². The van der Waals surface area contributed by atoms with Crippen molar-refractivity contribution in [3.63, 3.8) is 0 Å². The number of hydrogen-bond donors (Lipinski definition) is 0. The molecule has 6 heteroatoms. The third-order valence-corrected chi connectivity index (χ3v) is 6.16. The lowest BCUT2D eigenvalue weighted by atomic mass is 9.95. The SMILES string of the molecule is CC(=O)C1N2C(=O)C[C@H]2S(=O)(=O)C1(C)C. The van der Waals surface area contributed by atoms with Gasteiger partial charge in [0.1, 0.15) is 11.4 Å². The van der Waals surface area contributed by atoms with E-state index in [1.165, 1.54) is 25.7 Å². The highest BCUT2D eigenvalue weighted by molar-refractivity contribution is 7.93. The van der Waals surface area contributed by atoms with Crippen molar-refractivity contribution in [3.8, 4) is 0 Å². The summed E-state index contributed by atoms with van der Waals surface area (Å²) in [5.74, 6) is -0.506. The number of nitrogens with zero attached hydrogens (tertiary/aromatic N) is 1. The van der Waals surface area contributed by atoms with Crippen molar-refractivity contribution in [2.45, 2.75) is 43.4 Å². The van der Waals surface area contributed by atoms with E-state index in [4.69, 9.17) is 0 Å². The zero-order valence-corrected chi connectivity index (χ0v) is 9.67. The van der Waals surface area contributed by atoms with Crippen LogP contribution in [0.2, 0.25) is 0 Å². The molecule has 0 aromatic heterocycles. The fraction of sp³-hybridized carbons (Fsp3) is 0.778. The second kappa shape index (κ2) is 2.61. The highest BCUT2D eigenvalue weighted by Gasteiger charge is 2.66. The zero-order chi connectivity index (χ0) is 11.6. The van der Waals surface area contributed by atoms with Crippen molar-refractivity contribution in [3.05, 3.63) is 0 Å². The van der Waals surface area contributed by atoms with E-state index in [1.807, 2.05) is 0 Å². The molecular weight excluding hydrogens is 218 g/mol. The van der Waals surface area contributed by atoms with Gasteiger partial charge in [-0.3, -0.25) is 9.59 Å². The second-order valence-corrected chi connectivity index (χ2v) is 7.31. The van der Waals surface area contributed by atoms with Crippen molar-refractivity contribution < 1.29 is 18.0 Å². The van der Waals surface area contributed by atoms with Crippen LogP contribution in [0.15, 0.2) is 0 Å². The fourth-order valence-electron chi connectivity index (χ4n) is 2.50. The minimum atomic E-state index is -3.41. The van der Waals surface area contributed by atoms with Crippen molar-refractivity contribution in [1.82, 2.24) is 4.90 Å². The number of fused-ring (bicyclic) bond motifs is 1. The Labute approximate surface area is 88.4 Å². The Kier molecular flexibility index (Phi) is 1.84. The smallest absolute Gasteiger partial charge is 0.227 e. The van der Waals surface area contributed by atoms with Crippen molar-refractivity contribution in [2.75, 3.05) is 0 Å². The molecule has 0 bridgehead atoms. The maximum atomic E-state index is 12.0. The molecule has 2 aliphatic heterocycles. The number of hydrogen-bond acceptors (Lipinski definition) is 4. The molecule has 5 nitrogen and oxygen atoms in total. The van der Waals surface area contributed by atoms with Gasteiger partial charge < -0.3 is 4.90 Å². The van der Waals surface area contributed by atoms with Gasteiger partial charge in [0.25, 0.3) is 0 Å². The van der Waals surface area contributed by atoms with Crippen LogP contribution >= 0.6 is 0 Å². The Morgan fingerprint density at radius 1 is 1.47 bits per heavy atom. The maximum absolute atomic E-state index is 12.0. The van der Waals surface area contributed by atoms with E-state index < -0.39 is 26.0 Å². The molecule has 2 heterocycles. The number of carbonyl (C=O) groups excluding carboxylic acids is 2. The topological polar surface area (TPSA) is 71.5 Å². The quantitative estimate of drug-likeness (QED) is 0.581. The van der Waals surface area contributed by atoms with Gasteiger partial charge in [0.2, 0.25) is 5.91 Å². The highest BCUT2D eigenvalue weighted by Crippen LogP contribution is 2.45. The number of β-lactam (4-membered cyclic amide) rings is 1. The van der Waals surface area contributed by atoms with Crippen LogP contribution in [0.5, 0.6) is 0 Å². The van der Waals surface area contributed by atoms with Crippen LogP contribution in [-0.4, -0.2) is 41.2 Å². The van der Waals surface area contributed by atoms with Crippen molar-refractivity contribution >= 4 is 21.5 Å². The number of ketones is 1. The summed E-state index contributed by atoms with van der Waals surface area (Å²) in [6.45, 7) is 4.36. The summed E-state index contributed by atoms with van der Waals surface area (Å²) in [5.41, 5.74) is 0. The number of Topliss-reactive ketones (excluding diaryl/α,β-unsaturated/α-hetero) is 1. The molecule has 15 heavy (non-hydrogen) atoms. The average Bonchev–Trinajstić information content (AvgIpc) is 2.19. The molecule has 0 radical (unpaired) electrons. The Morgan fingerprint density at radius 2 is 2.00 bits per heavy atom. The van der Waals surface area contributed by atoms with Gasteiger partial charge in [0, 0.05) is 0 Å². The zero-order valence-electron chi connectivity index (χ0n) is 8.85. The summed E-state index contributed by atoms with van der Waals surface area (Å²) in [7, 11) is -3.41. The molecule has 0 aromatic carbocycles. The van der Waals surface area contributed by atoms with Gasteiger partial charge in [-0.2, -0.15) is 0 Å². The average molecular weight is 231 g/mol. The summed E-state index contributed by atoms with van der Waals surface area (Å²) >= 11 is 0. The van der Waals surface area contributed by atoms with E-state index in [9.17, 15) is 18.0 Å². The lowest BCUT2D eigenvalue weighted by molar-refractivity contribution is -0.148. The Bertz CT molecular complexity index is 451. The third kappa shape index (κ3) is 1.00. The molecular formula is C9H13NO4S. The molecule has 0 aliphatic carbocycles. The molecule has 2 rings (SSSR count). The third-order valence-electron chi connectivity index (χ3n) is 3.36. The summed E-state index contributed by atoms with van der Waals surface area (Å²) in [6, 6.07) is -0.811. The van der Waals surface area contributed by atoms with E-state index in [-0.39, 0.29) is 18.1 Å². The molecule has 2 aliphatic rings. The number of sulfone groups is 1. The van der Waals surface area contributed by atoms with E-state index in [1.54, 1.807) is 0 Å². The van der Waals surface area contributed by atoms with Crippen LogP contribution in [0, 0.1) is 0 Å². The first kappa shape index (κ1) is 10.6. The van der Waals surface area contributed by atoms with E-state index in [0.29, 0.717) is 0 Å². The number of rotatable bonds is 1. The summed E-state index contributed by atoms with van der Waals surface area (Å²) in [5, 5.41) is -0.770. The minimum absolute atomic E-state index is 0.0234. The van der Waals surface area contributed by atoms with Crippen LogP contribution in [0.1, 0.15) is 27.2 Å². The Morgan fingerprint density at radius 3 is 2.33 bits per heavy atom. The first-order chi connectivity index (χ1) is 6.71. The van der Waals surface area contributed by atoms with Gasteiger partial charge in [-0.25, -0.2) is 8.42 Å². The molecule has 84 valence electrons. The van der Waals surface area contributed by atoms with Crippen LogP contribution < -0.4 is 0 Å². The fourth-order valence-corrected chi connectivity index (χ4v) is 4.69. The van der Waals surface area contributed by atoms with Crippen molar-refractivity contribution in [1.29, 1.82) is 0 Å². The lowest BCUT2D eigenvalue weighted by Gasteiger charge is -2.36. The number of amides is 1. The normalized spacial score (nSPS) is 35.9. The van der Waals surface area contributed by atoms with E-state index in [0.717, 1.165) is 0 Å². The number of carbonyl (C=O) groups is 2. The molecule has 2 saturated heterocycles. The van der Waals surface area contributed by atoms with Crippen LogP contribution in [0.25, 0.3) is 0 Å². The Balaban J connectivity index is 2.57. The largest absolute Gasteiger partial charge is 0.313 e. The molecule has 0 saturated carbocycles. The van der Waals surface area contributed by atoms with Crippen LogP contribution in [-0.2, 0) is 19.4 Å². The van der Waals surface area contributed by atoms with E-state index >= 15 is 0 Å². The monoisotopic (exact) mass is 231 g/mol. The van der Waals surface area contributed by atoms with Gasteiger partial charge in [-0.1, -0.05) is 0 Å². The van der Waals surface area contributed by atoms with Gasteiger partial charge in [0.05, 0.1) is 11.2 Å².